The number of carboxylic acids is 1. The van der Waals surface area contributed by atoms with Gasteiger partial charge in [0.25, 0.3) is 0 Å². The average molecular weight is 427 g/mol. The fourth-order valence-corrected chi connectivity index (χ4v) is 5.21. The number of thiazole rings is 1. The second-order valence-corrected chi connectivity index (χ2v) is 8.79. The van der Waals surface area contributed by atoms with Crippen molar-refractivity contribution in [3.8, 4) is 27.7 Å². The monoisotopic (exact) mass is 426 g/mol. The van der Waals surface area contributed by atoms with Gasteiger partial charge in [0.05, 0.1) is 11.7 Å². The number of aromatic amines is 1. The molecule has 3 heterocycles. The quantitative estimate of drug-likeness (QED) is 0.568. The Bertz CT molecular complexity index is 1010. The molecule has 1 aliphatic carbocycles. The average Bonchev–Trinajstić information content (AvgIpc) is 3.47. The smallest absolute Gasteiger partial charge is 0.320 e. The molecule has 2 aromatic heterocycles. The van der Waals surface area contributed by atoms with Crippen molar-refractivity contribution >= 4 is 17.3 Å². The summed E-state index contributed by atoms with van der Waals surface area (Å²) in [6.07, 6.45) is 5.27. The molecule has 0 unspecified atom stereocenters. The Labute approximate surface area is 176 Å². The first-order valence-corrected chi connectivity index (χ1v) is 11.0. The third-order valence-electron chi connectivity index (χ3n) is 6.10. The number of carbonyl (C=O) groups is 1. The second kappa shape index (κ2) is 8.11. The zero-order valence-electron chi connectivity index (χ0n) is 16.2. The van der Waals surface area contributed by atoms with Gasteiger partial charge in [-0.1, -0.05) is 6.07 Å². The molecular formula is C20H22N6O3S. The molecule has 1 aromatic carbocycles. The Hall–Kier alpha value is -2.85. The molecular weight excluding hydrogens is 404 g/mol. The van der Waals surface area contributed by atoms with E-state index in [9.17, 15) is 9.90 Å². The number of benzene rings is 1. The molecule has 10 heteroatoms. The number of tetrazole rings is 1. The summed E-state index contributed by atoms with van der Waals surface area (Å²) in [5.41, 5.74) is 1.76. The van der Waals surface area contributed by atoms with Crippen molar-refractivity contribution in [1.82, 2.24) is 30.9 Å². The highest BCUT2D eigenvalue weighted by atomic mass is 32.1. The maximum atomic E-state index is 11.4. The van der Waals surface area contributed by atoms with Gasteiger partial charge in [-0.3, -0.25) is 4.79 Å². The van der Waals surface area contributed by atoms with Crippen LogP contribution in [0.2, 0.25) is 0 Å². The lowest BCUT2D eigenvalue weighted by Gasteiger charge is -2.41. The Morgan fingerprint density at radius 2 is 2.17 bits per heavy atom. The fourth-order valence-electron chi connectivity index (χ4n) is 4.57. The number of H-pyrrole nitrogens is 1. The van der Waals surface area contributed by atoms with E-state index < -0.39 is 12.0 Å². The van der Waals surface area contributed by atoms with Crippen LogP contribution >= 0.6 is 11.3 Å². The van der Waals surface area contributed by atoms with Gasteiger partial charge in [0.1, 0.15) is 16.8 Å². The highest BCUT2D eigenvalue weighted by Crippen LogP contribution is 2.40. The number of carboxylic acid groups (broad SMARTS) is 1. The summed E-state index contributed by atoms with van der Waals surface area (Å²) < 4.78 is 6.48. The summed E-state index contributed by atoms with van der Waals surface area (Å²) in [6.45, 7) is 0.766. The fraction of sp³-hybridized carbons (Fsp3) is 0.450. The van der Waals surface area contributed by atoms with Gasteiger partial charge in [0, 0.05) is 17.1 Å². The van der Waals surface area contributed by atoms with E-state index in [1.54, 1.807) is 17.5 Å². The Balaban J connectivity index is 1.39. The van der Waals surface area contributed by atoms with E-state index in [1.165, 1.54) is 0 Å². The van der Waals surface area contributed by atoms with Crippen LogP contribution in [-0.2, 0) is 4.79 Å². The van der Waals surface area contributed by atoms with E-state index in [0.29, 0.717) is 29.8 Å². The van der Waals surface area contributed by atoms with Crippen molar-refractivity contribution in [3.05, 3.63) is 29.8 Å². The van der Waals surface area contributed by atoms with E-state index in [-0.39, 0.29) is 6.10 Å². The molecule has 9 nitrogen and oxygen atoms in total. The first kappa shape index (κ1) is 19.1. The summed E-state index contributed by atoms with van der Waals surface area (Å²) in [6, 6.07) is 5.44. The van der Waals surface area contributed by atoms with Gasteiger partial charge < -0.3 is 15.2 Å². The van der Waals surface area contributed by atoms with Crippen molar-refractivity contribution < 1.29 is 14.6 Å². The molecule has 156 valence electrons. The molecule has 0 amide bonds. The normalized spacial score (nSPS) is 26.1. The van der Waals surface area contributed by atoms with Crippen LogP contribution in [-0.4, -0.2) is 55.4 Å². The van der Waals surface area contributed by atoms with Gasteiger partial charge >= 0.3 is 5.97 Å². The molecule has 3 aromatic rings. The summed E-state index contributed by atoms with van der Waals surface area (Å²) in [5, 5.41) is 29.8. The topological polar surface area (TPSA) is 126 Å². The molecule has 4 atom stereocenters. The zero-order valence-corrected chi connectivity index (χ0v) is 17.0. The minimum atomic E-state index is -0.771. The Kier molecular flexibility index (Phi) is 5.17. The maximum Gasteiger partial charge on any atom is 0.320 e. The number of fused-ring (bicyclic) bond motifs is 1. The minimum Gasteiger partial charge on any atom is -0.490 e. The van der Waals surface area contributed by atoms with Crippen LogP contribution in [0.4, 0.5) is 0 Å². The van der Waals surface area contributed by atoms with Gasteiger partial charge in [-0.25, -0.2) is 4.98 Å². The summed E-state index contributed by atoms with van der Waals surface area (Å²) in [4.78, 5) is 15.8. The number of ether oxygens (including phenoxy) is 1. The zero-order chi connectivity index (χ0) is 20.5. The third-order valence-corrected chi connectivity index (χ3v) is 6.92. The number of aliphatic carboxylic acids is 1. The van der Waals surface area contributed by atoms with Gasteiger partial charge in [-0.2, -0.15) is 5.21 Å². The van der Waals surface area contributed by atoms with Crippen LogP contribution in [0.25, 0.3) is 22.0 Å². The number of nitrogens with zero attached hydrogens (tertiary/aromatic N) is 4. The van der Waals surface area contributed by atoms with Crippen LogP contribution in [0.15, 0.2) is 29.8 Å². The largest absolute Gasteiger partial charge is 0.490 e. The molecule has 0 radical (unpaired) electrons. The van der Waals surface area contributed by atoms with Crippen molar-refractivity contribution in [1.29, 1.82) is 0 Å². The van der Waals surface area contributed by atoms with Crippen molar-refractivity contribution in [2.24, 2.45) is 11.8 Å². The molecule has 5 rings (SSSR count). The highest BCUT2D eigenvalue weighted by Gasteiger charge is 2.38. The molecule has 2 aliphatic rings. The number of nitrogens with one attached hydrogen (secondary N) is 2. The van der Waals surface area contributed by atoms with E-state index in [4.69, 9.17) is 4.74 Å². The van der Waals surface area contributed by atoms with Crippen LogP contribution in [0, 0.1) is 11.8 Å². The maximum absolute atomic E-state index is 11.4. The van der Waals surface area contributed by atoms with E-state index in [0.717, 1.165) is 41.9 Å². The highest BCUT2D eigenvalue weighted by molar-refractivity contribution is 7.13. The molecule has 0 bridgehead atoms. The first-order valence-electron chi connectivity index (χ1n) is 10.1. The van der Waals surface area contributed by atoms with E-state index in [1.807, 2.05) is 23.6 Å². The SMILES string of the molecule is O=C(O)[C@@H]1C[C@H]2C[C@@H](Oc3cc(-c4nccs4)ccc3-c3nn[nH]n3)CC[C@H]2CN1. The number of piperidine rings is 1. The van der Waals surface area contributed by atoms with Crippen LogP contribution in [0.5, 0.6) is 5.75 Å². The van der Waals surface area contributed by atoms with Gasteiger partial charge in [0.2, 0.25) is 5.82 Å². The first-order chi connectivity index (χ1) is 14.7. The number of hydrogen-bond acceptors (Lipinski definition) is 8. The summed E-state index contributed by atoms with van der Waals surface area (Å²) >= 11 is 1.57. The molecule has 2 fully saturated rings. The van der Waals surface area contributed by atoms with E-state index in [2.05, 4.69) is 30.9 Å². The number of hydrogen-bond donors (Lipinski definition) is 3. The van der Waals surface area contributed by atoms with Gasteiger partial charge in [-0.05, 0) is 61.4 Å². The van der Waals surface area contributed by atoms with Gasteiger partial charge in [0.15, 0.2) is 0 Å². The van der Waals surface area contributed by atoms with Crippen molar-refractivity contribution in [2.75, 3.05) is 6.54 Å². The molecule has 0 spiro atoms. The van der Waals surface area contributed by atoms with Crippen molar-refractivity contribution in [2.45, 2.75) is 37.8 Å². The molecule has 1 saturated carbocycles. The predicted molar refractivity (Wildman–Crippen MR) is 110 cm³/mol. The Morgan fingerprint density at radius 3 is 2.93 bits per heavy atom. The lowest BCUT2D eigenvalue weighted by Crippen LogP contribution is -2.50. The van der Waals surface area contributed by atoms with Crippen LogP contribution < -0.4 is 10.1 Å². The third kappa shape index (κ3) is 3.80. The van der Waals surface area contributed by atoms with Gasteiger partial charge in [-0.15, -0.1) is 21.5 Å². The minimum absolute atomic E-state index is 0.0241. The van der Waals surface area contributed by atoms with E-state index >= 15 is 0 Å². The number of rotatable bonds is 5. The molecule has 3 N–H and O–H groups in total. The molecule has 1 aliphatic heterocycles. The standard InChI is InChI=1S/C20H22N6O3S/c27-20(28)16-8-13-7-14(3-1-12(13)10-22-16)29-17-9-11(19-21-5-6-30-19)2-4-15(17)18-23-25-26-24-18/h2,4-6,9,12-14,16,22H,1,3,7-8,10H2,(H,27,28)(H,23,24,25,26)/t12-,13+,14-,16-/m0/s1. The summed E-state index contributed by atoms with van der Waals surface area (Å²) in [7, 11) is 0. The summed E-state index contributed by atoms with van der Waals surface area (Å²) in [5.74, 6) is 1.28. The molecule has 30 heavy (non-hydrogen) atoms. The lowest BCUT2D eigenvalue weighted by molar-refractivity contribution is -0.141. The van der Waals surface area contributed by atoms with Crippen molar-refractivity contribution in [3.63, 3.8) is 0 Å². The molecule has 1 saturated heterocycles. The lowest BCUT2D eigenvalue weighted by atomic mass is 9.72. The van der Waals surface area contributed by atoms with Crippen LogP contribution in [0.3, 0.4) is 0 Å². The second-order valence-electron chi connectivity index (χ2n) is 7.89. The van der Waals surface area contributed by atoms with Crippen LogP contribution in [0.1, 0.15) is 25.7 Å². The predicted octanol–water partition coefficient (Wildman–Crippen LogP) is 2.60. The number of aromatic nitrogens is 5. The Morgan fingerprint density at radius 1 is 1.23 bits per heavy atom.